The first-order valence-corrected chi connectivity index (χ1v) is 6.79. The predicted molar refractivity (Wildman–Crippen MR) is 72.7 cm³/mol. The summed E-state index contributed by atoms with van der Waals surface area (Å²) in [4.78, 5) is 15.1. The molecular weight excluding hydrogens is 268 g/mol. The Morgan fingerprint density at radius 2 is 2.11 bits per heavy atom. The Balaban J connectivity index is 2.13. The van der Waals surface area contributed by atoms with E-state index in [9.17, 15) is 9.90 Å². The highest BCUT2D eigenvalue weighted by atomic mass is 35.5. The van der Waals surface area contributed by atoms with Crippen LogP contribution in [0.1, 0.15) is 42.5 Å². The van der Waals surface area contributed by atoms with Crippen LogP contribution < -0.4 is 5.32 Å². The van der Waals surface area contributed by atoms with Gasteiger partial charge in [-0.2, -0.15) is 0 Å². The monoisotopic (exact) mass is 284 g/mol. The zero-order valence-corrected chi connectivity index (χ0v) is 11.2. The molecule has 1 aromatic rings. The summed E-state index contributed by atoms with van der Waals surface area (Å²) in [5.74, 6) is -0.649. The number of aliphatic hydroxyl groups is 1. The van der Waals surface area contributed by atoms with E-state index in [1.165, 1.54) is 12.3 Å². The molecule has 0 amide bonds. The maximum absolute atomic E-state index is 11.0. The molecule has 1 aliphatic carbocycles. The zero-order valence-electron chi connectivity index (χ0n) is 10.5. The number of carboxylic acid groups (broad SMARTS) is 1. The standard InChI is InChI=1S/C13H17ClN2O3/c14-9-7-15-12(6-8(9)13(18)19)16-10-4-2-1-3-5-11(10)17/h6-7,10-11,17H,1-5H2,(H,15,16)(H,18,19). The van der Waals surface area contributed by atoms with Crippen molar-refractivity contribution in [2.45, 2.75) is 44.2 Å². The van der Waals surface area contributed by atoms with Crippen LogP contribution in [0.3, 0.4) is 0 Å². The summed E-state index contributed by atoms with van der Waals surface area (Å²) in [5.41, 5.74) is 0.0160. The van der Waals surface area contributed by atoms with E-state index in [0.717, 1.165) is 32.1 Å². The normalized spacial score (nSPS) is 23.7. The van der Waals surface area contributed by atoms with Crippen molar-refractivity contribution < 1.29 is 15.0 Å². The number of nitrogens with one attached hydrogen (secondary N) is 1. The first-order valence-electron chi connectivity index (χ1n) is 6.41. The van der Waals surface area contributed by atoms with E-state index in [4.69, 9.17) is 16.7 Å². The van der Waals surface area contributed by atoms with Crippen molar-refractivity contribution in [1.82, 2.24) is 4.98 Å². The van der Waals surface area contributed by atoms with E-state index in [2.05, 4.69) is 10.3 Å². The lowest BCUT2D eigenvalue weighted by Crippen LogP contribution is -2.32. The molecular formula is C13H17ClN2O3. The topological polar surface area (TPSA) is 82.5 Å². The van der Waals surface area contributed by atoms with E-state index in [-0.39, 0.29) is 16.6 Å². The van der Waals surface area contributed by atoms with Gasteiger partial charge in [0.1, 0.15) is 5.82 Å². The van der Waals surface area contributed by atoms with Crippen LogP contribution in [0.15, 0.2) is 12.3 Å². The Hall–Kier alpha value is -1.33. The van der Waals surface area contributed by atoms with Crippen LogP contribution in [-0.4, -0.2) is 33.3 Å². The summed E-state index contributed by atoms with van der Waals surface area (Å²) in [6.07, 6.45) is 5.70. The molecule has 0 saturated heterocycles. The van der Waals surface area contributed by atoms with Crippen molar-refractivity contribution in [3.05, 3.63) is 22.8 Å². The molecule has 0 bridgehead atoms. The Labute approximate surface area is 116 Å². The molecule has 1 fully saturated rings. The predicted octanol–water partition coefficient (Wildman–Crippen LogP) is 2.54. The minimum absolute atomic E-state index is 0.0160. The molecule has 0 radical (unpaired) electrons. The molecule has 0 aromatic carbocycles. The maximum atomic E-state index is 11.0. The molecule has 1 saturated carbocycles. The van der Waals surface area contributed by atoms with Gasteiger partial charge in [-0.25, -0.2) is 9.78 Å². The fourth-order valence-corrected chi connectivity index (χ4v) is 2.51. The number of aromatic nitrogens is 1. The van der Waals surface area contributed by atoms with Gasteiger partial charge in [0.05, 0.1) is 22.7 Å². The molecule has 5 nitrogen and oxygen atoms in total. The third-order valence-corrected chi connectivity index (χ3v) is 3.70. The number of carbonyl (C=O) groups is 1. The lowest BCUT2D eigenvalue weighted by atomic mass is 10.1. The van der Waals surface area contributed by atoms with E-state index in [1.54, 1.807) is 0 Å². The number of anilines is 1. The molecule has 1 aromatic heterocycles. The second kappa shape index (κ2) is 6.21. The van der Waals surface area contributed by atoms with Gasteiger partial charge in [-0.3, -0.25) is 0 Å². The quantitative estimate of drug-likeness (QED) is 0.743. The van der Waals surface area contributed by atoms with Crippen molar-refractivity contribution in [3.63, 3.8) is 0 Å². The number of hydrogen-bond acceptors (Lipinski definition) is 4. The zero-order chi connectivity index (χ0) is 13.8. The van der Waals surface area contributed by atoms with Crippen LogP contribution in [-0.2, 0) is 0 Å². The summed E-state index contributed by atoms with van der Waals surface area (Å²) >= 11 is 5.77. The van der Waals surface area contributed by atoms with Gasteiger partial charge >= 0.3 is 5.97 Å². The van der Waals surface area contributed by atoms with Crippen LogP contribution in [0.25, 0.3) is 0 Å². The van der Waals surface area contributed by atoms with Crippen LogP contribution in [0.5, 0.6) is 0 Å². The minimum atomic E-state index is -1.09. The Morgan fingerprint density at radius 3 is 2.84 bits per heavy atom. The highest BCUT2D eigenvalue weighted by Crippen LogP contribution is 2.23. The van der Waals surface area contributed by atoms with E-state index in [0.29, 0.717) is 5.82 Å². The van der Waals surface area contributed by atoms with Crippen LogP contribution in [0.2, 0.25) is 5.02 Å². The molecule has 2 unspecified atom stereocenters. The first kappa shape index (κ1) is 14.1. The third-order valence-electron chi connectivity index (χ3n) is 3.40. The van der Waals surface area contributed by atoms with Crippen LogP contribution >= 0.6 is 11.6 Å². The number of rotatable bonds is 3. The third kappa shape index (κ3) is 3.58. The van der Waals surface area contributed by atoms with E-state index in [1.807, 2.05) is 0 Å². The van der Waals surface area contributed by atoms with Crippen molar-refractivity contribution >= 4 is 23.4 Å². The number of nitrogens with zero attached hydrogens (tertiary/aromatic N) is 1. The highest BCUT2D eigenvalue weighted by molar-refractivity contribution is 6.33. The molecule has 2 rings (SSSR count). The van der Waals surface area contributed by atoms with Gasteiger partial charge in [-0.05, 0) is 18.9 Å². The van der Waals surface area contributed by atoms with Gasteiger partial charge < -0.3 is 15.5 Å². The number of aliphatic hydroxyl groups excluding tert-OH is 1. The summed E-state index contributed by atoms with van der Waals surface area (Å²) < 4.78 is 0. The summed E-state index contributed by atoms with van der Waals surface area (Å²) in [6, 6.07) is 1.32. The van der Waals surface area contributed by atoms with Crippen molar-refractivity contribution in [1.29, 1.82) is 0 Å². The van der Waals surface area contributed by atoms with Crippen LogP contribution in [0, 0.1) is 0 Å². The fraction of sp³-hybridized carbons (Fsp3) is 0.538. The Kier molecular flexibility index (Phi) is 4.61. The number of halogens is 1. The molecule has 1 aliphatic rings. The number of pyridine rings is 1. The number of aromatic carboxylic acids is 1. The SMILES string of the molecule is O=C(O)c1cc(NC2CCCCCC2O)ncc1Cl. The molecule has 3 N–H and O–H groups in total. The summed E-state index contributed by atoms with van der Waals surface area (Å²) in [7, 11) is 0. The first-order chi connectivity index (χ1) is 9.08. The van der Waals surface area contributed by atoms with Crippen LogP contribution in [0.4, 0.5) is 5.82 Å². The number of carboxylic acids is 1. The molecule has 6 heteroatoms. The Morgan fingerprint density at radius 1 is 1.37 bits per heavy atom. The lowest BCUT2D eigenvalue weighted by Gasteiger charge is -2.22. The summed E-state index contributed by atoms with van der Waals surface area (Å²) in [6.45, 7) is 0. The average molecular weight is 285 g/mol. The molecule has 104 valence electrons. The van der Waals surface area contributed by atoms with Gasteiger partial charge in [0, 0.05) is 6.20 Å². The molecule has 1 heterocycles. The fourth-order valence-electron chi connectivity index (χ4n) is 2.33. The largest absolute Gasteiger partial charge is 0.478 e. The van der Waals surface area contributed by atoms with Crippen molar-refractivity contribution in [2.75, 3.05) is 5.32 Å². The molecule has 0 spiro atoms. The van der Waals surface area contributed by atoms with Gasteiger partial charge in [0.2, 0.25) is 0 Å². The maximum Gasteiger partial charge on any atom is 0.337 e. The van der Waals surface area contributed by atoms with Gasteiger partial charge in [0.25, 0.3) is 0 Å². The number of hydrogen-bond donors (Lipinski definition) is 3. The van der Waals surface area contributed by atoms with E-state index >= 15 is 0 Å². The van der Waals surface area contributed by atoms with Crippen molar-refractivity contribution in [3.8, 4) is 0 Å². The summed E-state index contributed by atoms with van der Waals surface area (Å²) in [5, 5.41) is 22.2. The highest BCUT2D eigenvalue weighted by Gasteiger charge is 2.22. The lowest BCUT2D eigenvalue weighted by molar-refractivity contribution is 0.0697. The van der Waals surface area contributed by atoms with Gasteiger partial charge in [-0.15, -0.1) is 0 Å². The Bertz CT molecular complexity index is 467. The van der Waals surface area contributed by atoms with E-state index < -0.39 is 12.1 Å². The average Bonchev–Trinajstić information content (AvgIpc) is 2.57. The smallest absolute Gasteiger partial charge is 0.337 e. The van der Waals surface area contributed by atoms with Gasteiger partial charge in [-0.1, -0.05) is 30.9 Å². The van der Waals surface area contributed by atoms with Gasteiger partial charge in [0.15, 0.2) is 0 Å². The molecule has 19 heavy (non-hydrogen) atoms. The van der Waals surface area contributed by atoms with Crippen molar-refractivity contribution in [2.24, 2.45) is 0 Å². The second-order valence-electron chi connectivity index (χ2n) is 4.81. The second-order valence-corrected chi connectivity index (χ2v) is 5.22. The molecule has 2 atom stereocenters. The minimum Gasteiger partial charge on any atom is -0.478 e. The molecule has 0 aliphatic heterocycles.